The fourth-order valence-electron chi connectivity index (χ4n) is 2.50. The SMILES string of the molecule is COC(=O)c1ccc2nc(NC(=S)NC(=O)c3ccc(OC)c(OC)c3)sc2c1. The number of hydrogen-bond donors (Lipinski definition) is 2. The average molecular weight is 431 g/mol. The van der Waals surface area contributed by atoms with Crippen molar-refractivity contribution in [3.05, 3.63) is 47.5 Å². The molecule has 1 aromatic heterocycles. The van der Waals surface area contributed by atoms with E-state index in [1.54, 1.807) is 36.4 Å². The van der Waals surface area contributed by atoms with Gasteiger partial charge in [-0.2, -0.15) is 0 Å². The topological polar surface area (TPSA) is 98.8 Å². The van der Waals surface area contributed by atoms with Crippen molar-refractivity contribution in [2.45, 2.75) is 0 Å². The fraction of sp³-hybridized carbons (Fsp3) is 0.158. The van der Waals surface area contributed by atoms with Gasteiger partial charge >= 0.3 is 5.97 Å². The van der Waals surface area contributed by atoms with E-state index in [9.17, 15) is 9.59 Å². The number of methoxy groups -OCH3 is 3. The molecule has 0 atom stereocenters. The lowest BCUT2D eigenvalue weighted by Crippen LogP contribution is -2.34. The van der Waals surface area contributed by atoms with Crippen LogP contribution >= 0.6 is 23.6 Å². The van der Waals surface area contributed by atoms with Crippen LogP contribution in [0.4, 0.5) is 5.13 Å². The van der Waals surface area contributed by atoms with Crippen LogP contribution in [0.5, 0.6) is 11.5 Å². The van der Waals surface area contributed by atoms with Crippen LogP contribution in [0.1, 0.15) is 20.7 Å². The summed E-state index contributed by atoms with van der Waals surface area (Å²) in [7, 11) is 4.33. The molecule has 0 aliphatic heterocycles. The maximum atomic E-state index is 12.4. The Morgan fingerprint density at radius 1 is 1.00 bits per heavy atom. The van der Waals surface area contributed by atoms with Crippen molar-refractivity contribution in [2.75, 3.05) is 26.6 Å². The molecule has 0 radical (unpaired) electrons. The number of benzene rings is 2. The van der Waals surface area contributed by atoms with Crippen LogP contribution in [0, 0.1) is 0 Å². The molecule has 0 aliphatic rings. The highest BCUT2D eigenvalue weighted by atomic mass is 32.1. The molecule has 2 N–H and O–H groups in total. The largest absolute Gasteiger partial charge is 0.493 e. The number of carbonyl (C=O) groups excluding carboxylic acids is 2. The minimum absolute atomic E-state index is 0.0945. The van der Waals surface area contributed by atoms with Crippen LogP contribution < -0.4 is 20.1 Å². The van der Waals surface area contributed by atoms with Crippen LogP contribution in [0.2, 0.25) is 0 Å². The van der Waals surface area contributed by atoms with Crippen molar-refractivity contribution in [2.24, 2.45) is 0 Å². The maximum Gasteiger partial charge on any atom is 0.337 e. The van der Waals surface area contributed by atoms with Gasteiger partial charge in [-0.25, -0.2) is 9.78 Å². The standard InChI is InChI=1S/C19H17N3O5S2/c1-25-13-7-5-10(8-14(13)26-2)16(23)21-18(28)22-19-20-12-6-4-11(17(24)27-3)9-15(12)29-19/h4-9H,1-3H3,(H2,20,21,22,23,28). The number of aromatic nitrogens is 1. The number of fused-ring (bicyclic) bond motifs is 1. The van der Waals surface area contributed by atoms with Crippen LogP contribution in [0.15, 0.2) is 36.4 Å². The molecule has 0 fully saturated rings. The molecule has 3 rings (SSSR count). The van der Waals surface area contributed by atoms with Crippen molar-refractivity contribution in [1.82, 2.24) is 10.3 Å². The van der Waals surface area contributed by atoms with Crippen molar-refractivity contribution < 1.29 is 23.8 Å². The molecule has 0 saturated carbocycles. The number of esters is 1. The lowest BCUT2D eigenvalue weighted by Gasteiger charge is -2.10. The predicted molar refractivity (Wildman–Crippen MR) is 114 cm³/mol. The molecule has 0 aliphatic carbocycles. The predicted octanol–water partition coefficient (Wildman–Crippen LogP) is 3.23. The van der Waals surface area contributed by atoms with E-state index in [1.165, 1.54) is 32.7 Å². The molecule has 10 heteroatoms. The molecular formula is C19H17N3O5S2. The maximum absolute atomic E-state index is 12.4. The lowest BCUT2D eigenvalue weighted by atomic mass is 10.2. The molecule has 8 nitrogen and oxygen atoms in total. The third-order valence-electron chi connectivity index (χ3n) is 3.90. The summed E-state index contributed by atoms with van der Waals surface area (Å²) in [5.41, 5.74) is 1.48. The first-order chi connectivity index (χ1) is 13.9. The number of amides is 1. The summed E-state index contributed by atoms with van der Waals surface area (Å²) >= 11 is 6.50. The molecule has 0 spiro atoms. The highest BCUT2D eigenvalue weighted by Crippen LogP contribution is 2.28. The van der Waals surface area contributed by atoms with Gasteiger partial charge in [-0.15, -0.1) is 0 Å². The van der Waals surface area contributed by atoms with Crippen molar-refractivity contribution in [3.8, 4) is 11.5 Å². The summed E-state index contributed by atoms with van der Waals surface area (Å²) in [4.78, 5) is 28.5. The van der Waals surface area contributed by atoms with Gasteiger partial charge in [0.05, 0.1) is 37.1 Å². The van der Waals surface area contributed by atoms with E-state index in [-0.39, 0.29) is 5.11 Å². The summed E-state index contributed by atoms with van der Waals surface area (Å²) in [6.45, 7) is 0. The number of rotatable bonds is 5. The molecule has 0 unspecified atom stereocenters. The second-order valence-electron chi connectivity index (χ2n) is 5.67. The molecule has 0 saturated heterocycles. The third-order valence-corrected chi connectivity index (χ3v) is 5.04. The number of thiocarbonyl (C=S) groups is 1. The van der Waals surface area contributed by atoms with E-state index in [0.29, 0.717) is 33.3 Å². The number of anilines is 1. The highest BCUT2D eigenvalue weighted by molar-refractivity contribution is 7.80. The highest BCUT2D eigenvalue weighted by Gasteiger charge is 2.14. The number of hydrogen-bond acceptors (Lipinski definition) is 8. The zero-order valence-electron chi connectivity index (χ0n) is 15.8. The van der Waals surface area contributed by atoms with E-state index in [2.05, 4.69) is 15.6 Å². The molecule has 1 amide bonds. The van der Waals surface area contributed by atoms with Crippen LogP contribution in [-0.4, -0.2) is 43.3 Å². The normalized spacial score (nSPS) is 10.3. The Morgan fingerprint density at radius 2 is 1.72 bits per heavy atom. The minimum Gasteiger partial charge on any atom is -0.493 e. The molecule has 3 aromatic rings. The van der Waals surface area contributed by atoms with Gasteiger partial charge in [0.2, 0.25) is 0 Å². The van der Waals surface area contributed by atoms with E-state index in [4.69, 9.17) is 26.4 Å². The molecule has 2 aromatic carbocycles. The van der Waals surface area contributed by atoms with Crippen molar-refractivity contribution in [3.63, 3.8) is 0 Å². The summed E-state index contributed by atoms with van der Waals surface area (Å²) in [5, 5.41) is 6.06. The monoisotopic (exact) mass is 431 g/mol. The molecular weight excluding hydrogens is 414 g/mol. The van der Waals surface area contributed by atoms with Gasteiger partial charge < -0.3 is 19.5 Å². The van der Waals surface area contributed by atoms with Gasteiger partial charge in [-0.3, -0.25) is 10.1 Å². The Balaban J connectivity index is 1.70. The van der Waals surface area contributed by atoms with Gasteiger partial charge in [-0.1, -0.05) is 11.3 Å². The molecule has 29 heavy (non-hydrogen) atoms. The van der Waals surface area contributed by atoms with Crippen LogP contribution in [0.3, 0.4) is 0 Å². The average Bonchev–Trinajstić information content (AvgIpc) is 3.13. The van der Waals surface area contributed by atoms with E-state index in [1.807, 2.05) is 0 Å². The third kappa shape index (κ3) is 4.61. The number of carbonyl (C=O) groups is 2. The Labute approximate surface area is 175 Å². The Hall–Kier alpha value is -3.24. The van der Waals surface area contributed by atoms with Gasteiger partial charge in [0.1, 0.15) is 0 Å². The van der Waals surface area contributed by atoms with Gasteiger partial charge in [0, 0.05) is 5.56 Å². The Bertz CT molecular complexity index is 1100. The molecule has 0 bridgehead atoms. The zero-order valence-corrected chi connectivity index (χ0v) is 17.4. The first-order valence-electron chi connectivity index (χ1n) is 8.28. The van der Waals surface area contributed by atoms with E-state index < -0.39 is 11.9 Å². The van der Waals surface area contributed by atoms with Crippen molar-refractivity contribution in [1.29, 1.82) is 0 Å². The minimum atomic E-state index is -0.424. The summed E-state index contributed by atoms with van der Waals surface area (Å²) in [6.07, 6.45) is 0. The van der Waals surface area contributed by atoms with Gasteiger partial charge in [0.25, 0.3) is 5.91 Å². The number of thiazole rings is 1. The first-order valence-corrected chi connectivity index (χ1v) is 9.51. The Morgan fingerprint density at radius 3 is 2.41 bits per heavy atom. The fourth-order valence-corrected chi connectivity index (χ4v) is 3.67. The molecule has 150 valence electrons. The quantitative estimate of drug-likeness (QED) is 0.469. The van der Waals surface area contributed by atoms with Gasteiger partial charge in [-0.05, 0) is 48.6 Å². The van der Waals surface area contributed by atoms with E-state index in [0.717, 1.165) is 4.70 Å². The summed E-state index contributed by atoms with van der Waals surface area (Å²) in [6, 6.07) is 9.84. The van der Waals surface area contributed by atoms with Crippen LogP contribution in [-0.2, 0) is 4.74 Å². The smallest absolute Gasteiger partial charge is 0.337 e. The lowest BCUT2D eigenvalue weighted by molar-refractivity contribution is 0.0600. The van der Waals surface area contributed by atoms with Crippen molar-refractivity contribution >= 4 is 55.9 Å². The Kier molecular flexibility index (Phi) is 6.25. The number of nitrogens with zero attached hydrogens (tertiary/aromatic N) is 1. The molecule has 1 heterocycles. The second kappa shape index (κ2) is 8.84. The summed E-state index contributed by atoms with van der Waals surface area (Å²) in [5.74, 6) is 0.127. The second-order valence-corrected chi connectivity index (χ2v) is 7.11. The zero-order chi connectivity index (χ0) is 21.0. The van der Waals surface area contributed by atoms with Gasteiger partial charge in [0.15, 0.2) is 21.7 Å². The number of nitrogens with one attached hydrogen (secondary N) is 2. The van der Waals surface area contributed by atoms with Crippen LogP contribution in [0.25, 0.3) is 10.2 Å². The summed E-state index contributed by atoms with van der Waals surface area (Å²) < 4.78 is 15.9. The number of ether oxygens (including phenoxy) is 3. The first kappa shape index (κ1) is 20.5. The van der Waals surface area contributed by atoms with E-state index >= 15 is 0 Å².